The summed E-state index contributed by atoms with van der Waals surface area (Å²) < 4.78 is 6.75. The Hall–Kier alpha value is -3.52. The van der Waals surface area contributed by atoms with E-state index in [1.54, 1.807) is 48.2 Å². The number of aromatic nitrogens is 2. The van der Waals surface area contributed by atoms with Crippen LogP contribution in [0.15, 0.2) is 54.7 Å². The first-order valence-electron chi connectivity index (χ1n) is 9.31. The average molecular weight is 428 g/mol. The summed E-state index contributed by atoms with van der Waals surface area (Å²) in [7, 11) is 1.58. The van der Waals surface area contributed by atoms with E-state index in [-0.39, 0.29) is 12.5 Å². The molecule has 30 heavy (non-hydrogen) atoms. The maximum Gasteiger partial charge on any atom is 0.273 e. The van der Waals surface area contributed by atoms with Gasteiger partial charge in [-0.3, -0.25) is 20.4 Å². The molecule has 0 atom stereocenters. The number of hydrazine groups is 1. The lowest BCUT2D eigenvalue weighted by atomic mass is 10.2. The number of hydrogen-bond donors (Lipinski definition) is 3. The van der Waals surface area contributed by atoms with Crippen LogP contribution in [-0.4, -0.2) is 35.2 Å². The van der Waals surface area contributed by atoms with Gasteiger partial charge in [-0.05, 0) is 48.9 Å². The van der Waals surface area contributed by atoms with Crippen LogP contribution in [0.4, 0.5) is 5.69 Å². The molecule has 3 aromatic rings. The summed E-state index contributed by atoms with van der Waals surface area (Å²) >= 11 is 6.05. The number of ether oxygens (including phenoxy) is 1. The van der Waals surface area contributed by atoms with Crippen LogP contribution in [0.1, 0.15) is 23.0 Å². The van der Waals surface area contributed by atoms with Gasteiger partial charge >= 0.3 is 0 Å². The Morgan fingerprint density at radius 1 is 1.13 bits per heavy atom. The van der Waals surface area contributed by atoms with Crippen molar-refractivity contribution in [1.82, 2.24) is 20.6 Å². The van der Waals surface area contributed by atoms with Gasteiger partial charge < -0.3 is 10.1 Å². The van der Waals surface area contributed by atoms with Crippen molar-refractivity contribution in [2.75, 3.05) is 19.0 Å². The first kappa shape index (κ1) is 21.2. The van der Waals surface area contributed by atoms with Crippen molar-refractivity contribution in [3.05, 3.63) is 71.0 Å². The lowest BCUT2D eigenvalue weighted by molar-refractivity contribution is -0.120. The Morgan fingerprint density at radius 3 is 2.57 bits per heavy atom. The Balaban J connectivity index is 1.58. The van der Waals surface area contributed by atoms with Gasteiger partial charge in [-0.25, -0.2) is 4.68 Å². The van der Waals surface area contributed by atoms with Crippen LogP contribution in [0, 0.1) is 0 Å². The molecule has 156 valence electrons. The average Bonchev–Trinajstić information content (AvgIpc) is 3.20. The normalized spacial score (nSPS) is 10.4. The van der Waals surface area contributed by atoms with E-state index in [4.69, 9.17) is 16.3 Å². The highest BCUT2D eigenvalue weighted by molar-refractivity contribution is 6.30. The topological polar surface area (TPSA) is 97.3 Å². The Labute approximate surface area is 179 Å². The summed E-state index contributed by atoms with van der Waals surface area (Å²) in [5, 5.41) is 7.84. The quantitative estimate of drug-likeness (QED) is 0.504. The van der Waals surface area contributed by atoms with Crippen molar-refractivity contribution in [3.63, 3.8) is 0 Å². The number of anilines is 1. The third-order valence-electron chi connectivity index (χ3n) is 4.36. The molecule has 1 heterocycles. The molecule has 3 rings (SSSR count). The van der Waals surface area contributed by atoms with Crippen molar-refractivity contribution in [2.45, 2.75) is 13.3 Å². The minimum atomic E-state index is -0.446. The number of halogens is 1. The molecule has 9 heteroatoms. The predicted molar refractivity (Wildman–Crippen MR) is 115 cm³/mol. The van der Waals surface area contributed by atoms with Gasteiger partial charge in [0.1, 0.15) is 5.75 Å². The second-order valence-electron chi connectivity index (χ2n) is 6.33. The second kappa shape index (κ2) is 9.80. The third kappa shape index (κ3) is 5.09. The summed E-state index contributed by atoms with van der Waals surface area (Å²) in [6.07, 6.45) is 2.04. The van der Waals surface area contributed by atoms with Gasteiger partial charge in [0.25, 0.3) is 11.8 Å². The van der Waals surface area contributed by atoms with Crippen LogP contribution >= 0.6 is 11.6 Å². The highest BCUT2D eigenvalue weighted by atomic mass is 35.5. The molecule has 2 aromatic carbocycles. The molecule has 0 bridgehead atoms. The maximum atomic E-state index is 12.5. The van der Waals surface area contributed by atoms with Crippen LogP contribution in [0.25, 0.3) is 5.69 Å². The van der Waals surface area contributed by atoms with Gasteiger partial charge in [0, 0.05) is 10.7 Å². The lowest BCUT2D eigenvalue weighted by Gasteiger charge is -2.10. The predicted octanol–water partition coefficient (Wildman–Crippen LogP) is 2.97. The Bertz CT molecular complexity index is 1030. The van der Waals surface area contributed by atoms with Crippen LogP contribution in [0.2, 0.25) is 5.02 Å². The van der Waals surface area contributed by atoms with Crippen molar-refractivity contribution in [2.24, 2.45) is 0 Å². The molecule has 8 nitrogen and oxygen atoms in total. The number of carbonyl (C=O) groups excluding carboxylic acids is 2. The molecule has 0 spiro atoms. The zero-order chi connectivity index (χ0) is 21.5. The number of rotatable bonds is 7. The molecule has 0 saturated carbocycles. The first-order chi connectivity index (χ1) is 14.5. The van der Waals surface area contributed by atoms with E-state index in [0.29, 0.717) is 22.7 Å². The van der Waals surface area contributed by atoms with Gasteiger partial charge in [-0.15, -0.1) is 0 Å². The summed E-state index contributed by atoms with van der Waals surface area (Å²) in [4.78, 5) is 24.6. The third-order valence-corrected chi connectivity index (χ3v) is 4.59. The van der Waals surface area contributed by atoms with Gasteiger partial charge in [0.05, 0.1) is 36.8 Å². The number of methoxy groups -OCH3 is 1. The van der Waals surface area contributed by atoms with Gasteiger partial charge in [-0.2, -0.15) is 5.10 Å². The SMILES string of the molecule is CCc1c(C(=O)NNC(=O)CNc2ccc(OC)cc2)cnn1-c1cccc(Cl)c1. The molecular weight excluding hydrogens is 406 g/mol. The zero-order valence-corrected chi connectivity index (χ0v) is 17.4. The van der Waals surface area contributed by atoms with Crippen molar-refractivity contribution in [1.29, 1.82) is 0 Å². The molecule has 0 unspecified atom stereocenters. The Kier molecular flexibility index (Phi) is 6.92. The standard InChI is InChI=1S/C21H22ClN5O3/c1-3-19-18(12-24-27(19)16-6-4-5-14(22)11-16)21(29)26-25-20(28)13-23-15-7-9-17(30-2)10-8-15/h4-12,23H,3,13H2,1-2H3,(H,25,28)(H,26,29). The van der Waals surface area contributed by atoms with E-state index >= 15 is 0 Å². The van der Waals surface area contributed by atoms with Gasteiger partial charge in [0.2, 0.25) is 0 Å². The van der Waals surface area contributed by atoms with Crippen LogP contribution < -0.4 is 20.9 Å². The van der Waals surface area contributed by atoms with E-state index in [1.165, 1.54) is 6.20 Å². The molecule has 2 amide bonds. The molecule has 0 radical (unpaired) electrons. The highest BCUT2D eigenvalue weighted by Crippen LogP contribution is 2.19. The van der Waals surface area contributed by atoms with Crippen LogP contribution in [0.3, 0.4) is 0 Å². The summed E-state index contributed by atoms with van der Waals surface area (Å²) in [6.45, 7) is 1.92. The molecule has 1 aromatic heterocycles. The first-order valence-corrected chi connectivity index (χ1v) is 9.69. The van der Waals surface area contributed by atoms with E-state index < -0.39 is 5.91 Å². The Morgan fingerprint density at radius 2 is 1.90 bits per heavy atom. The summed E-state index contributed by atoms with van der Waals surface area (Å²) in [5.74, 6) is -0.111. The van der Waals surface area contributed by atoms with E-state index in [9.17, 15) is 9.59 Å². The molecule has 0 aliphatic heterocycles. The molecule has 3 N–H and O–H groups in total. The minimum absolute atomic E-state index is 0.00494. The molecule has 0 aliphatic rings. The van der Waals surface area contributed by atoms with E-state index in [0.717, 1.165) is 17.1 Å². The zero-order valence-electron chi connectivity index (χ0n) is 16.6. The monoisotopic (exact) mass is 427 g/mol. The summed E-state index contributed by atoms with van der Waals surface area (Å²) in [5.41, 5.74) is 7.42. The van der Waals surface area contributed by atoms with E-state index in [1.807, 2.05) is 19.1 Å². The number of amides is 2. The van der Waals surface area contributed by atoms with E-state index in [2.05, 4.69) is 21.3 Å². The lowest BCUT2D eigenvalue weighted by Crippen LogP contribution is -2.44. The number of hydrogen-bond acceptors (Lipinski definition) is 5. The maximum absolute atomic E-state index is 12.5. The molecule has 0 aliphatic carbocycles. The smallest absolute Gasteiger partial charge is 0.273 e. The fraction of sp³-hybridized carbons (Fsp3) is 0.190. The second-order valence-corrected chi connectivity index (χ2v) is 6.77. The van der Waals surface area contributed by atoms with Crippen molar-refractivity contribution < 1.29 is 14.3 Å². The number of benzene rings is 2. The molecule has 0 saturated heterocycles. The number of nitrogens with zero attached hydrogens (tertiary/aromatic N) is 2. The summed E-state index contributed by atoms with van der Waals surface area (Å²) in [6, 6.07) is 14.4. The van der Waals surface area contributed by atoms with Gasteiger partial charge in [0.15, 0.2) is 0 Å². The minimum Gasteiger partial charge on any atom is -0.497 e. The van der Waals surface area contributed by atoms with Gasteiger partial charge in [-0.1, -0.05) is 24.6 Å². The molecule has 0 fully saturated rings. The van der Waals surface area contributed by atoms with Crippen LogP contribution in [0.5, 0.6) is 5.75 Å². The van der Waals surface area contributed by atoms with Crippen molar-refractivity contribution >= 4 is 29.1 Å². The largest absolute Gasteiger partial charge is 0.497 e. The highest BCUT2D eigenvalue weighted by Gasteiger charge is 2.17. The van der Waals surface area contributed by atoms with Crippen molar-refractivity contribution in [3.8, 4) is 11.4 Å². The molecular formula is C21H22ClN5O3. The van der Waals surface area contributed by atoms with Crippen LogP contribution in [-0.2, 0) is 11.2 Å². The number of carbonyl (C=O) groups is 2. The fourth-order valence-electron chi connectivity index (χ4n) is 2.86. The number of nitrogens with one attached hydrogen (secondary N) is 3. The fourth-order valence-corrected chi connectivity index (χ4v) is 3.05.